The molecule has 0 fully saturated rings. The monoisotopic (exact) mass is 268 g/mol. The summed E-state index contributed by atoms with van der Waals surface area (Å²) in [5.74, 6) is 0. The van der Waals surface area contributed by atoms with E-state index in [1.807, 2.05) is 6.07 Å². The summed E-state index contributed by atoms with van der Waals surface area (Å²) in [7, 11) is 0. The SMILES string of the molecule is [C-]#[N+]c1ccn[c]([Sn]([CH3])([CH3])[CH3])c1. The number of pyridine rings is 1. The van der Waals surface area contributed by atoms with Gasteiger partial charge in [-0.15, -0.1) is 0 Å². The average Bonchev–Trinajstić information content (AvgIpc) is 2.03. The molecule has 0 aliphatic rings. The molecule has 1 aromatic rings. The molecule has 0 atom stereocenters. The molecule has 0 radical (unpaired) electrons. The normalized spacial score (nSPS) is 10.8. The van der Waals surface area contributed by atoms with Crippen LogP contribution in [0, 0.1) is 6.57 Å². The first-order valence-corrected chi connectivity index (χ1v) is 13.9. The van der Waals surface area contributed by atoms with Crippen LogP contribution in [-0.4, -0.2) is 23.4 Å². The first-order chi connectivity index (χ1) is 5.54. The molecule has 1 aromatic heterocycles. The van der Waals surface area contributed by atoms with E-state index >= 15 is 0 Å². The zero-order valence-electron chi connectivity index (χ0n) is 7.63. The van der Waals surface area contributed by atoms with E-state index in [1.54, 1.807) is 12.3 Å². The van der Waals surface area contributed by atoms with Gasteiger partial charge in [0.05, 0.1) is 0 Å². The average molecular weight is 267 g/mol. The molecular formula is C9H12N2Sn. The molecule has 0 bridgehead atoms. The molecule has 1 heterocycles. The van der Waals surface area contributed by atoms with Crippen LogP contribution >= 0.6 is 0 Å². The fourth-order valence-electron chi connectivity index (χ4n) is 0.899. The predicted octanol–water partition coefficient (Wildman–Crippen LogP) is 2.18. The second kappa shape index (κ2) is 3.44. The summed E-state index contributed by atoms with van der Waals surface area (Å²) in [5, 5.41) is 0. The predicted molar refractivity (Wildman–Crippen MR) is 53.5 cm³/mol. The van der Waals surface area contributed by atoms with Crippen molar-refractivity contribution >= 4 is 27.8 Å². The summed E-state index contributed by atoms with van der Waals surface area (Å²) in [5.41, 5.74) is 0.714. The minimum absolute atomic E-state index is 0.714. The van der Waals surface area contributed by atoms with Crippen molar-refractivity contribution in [3.63, 3.8) is 0 Å². The molecule has 0 aliphatic heterocycles. The molecule has 0 spiro atoms. The van der Waals surface area contributed by atoms with Crippen LogP contribution in [-0.2, 0) is 0 Å². The van der Waals surface area contributed by atoms with E-state index in [0.29, 0.717) is 5.69 Å². The van der Waals surface area contributed by atoms with Crippen LogP contribution in [0.5, 0.6) is 0 Å². The van der Waals surface area contributed by atoms with Crippen molar-refractivity contribution in [2.24, 2.45) is 0 Å². The second-order valence-electron chi connectivity index (χ2n) is 3.76. The topological polar surface area (TPSA) is 17.2 Å². The second-order valence-corrected chi connectivity index (χ2v) is 18.1. The van der Waals surface area contributed by atoms with Crippen LogP contribution in [0.3, 0.4) is 0 Å². The van der Waals surface area contributed by atoms with Crippen molar-refractivity contribution in [1.82, 2.24) is 4.98 Å². The zero-order valence-corrected chi connectivity index (χ0v) is 10.5. The molecule has 0 saturated carbocycles. The van der Waals surface area contributed by atoms with Gasteiger partial charge in [0.25, 0.3) is 0 Å². The van der Waals surface area contributed by atoms with Crippen LogP contribution in [0.25, 0.3) is 4.85 Å². The van der Waals surface area contributed by atoms with Crippen LogP contribution in [0.2, 0.25) is 14.8 Å². The fraction of sp³-hybridized carbons (Fsp3) is 0.333. The van der Waals surface area contributed by atoms with Crippen molar-refractivity contribution in [2.45, 2.75) is 14.8 Å². The number of hydrogen-bond donors (Lipinski definition) is 0. The van der Waals surface area contributed by atoms with Crippen LogP contribution in [0.15, 0.2) is 18.3 Å². The van der Waals surface area contributed by atoms with Gasteiger partial charge in [-0.3, -0.25) is 0 Å². The third-order valence-electron chi connectivity index (χ3n) is 1.64. The van der Waals surface area contributed by atoms with Gasteiger partial charge in [-0.2, -0.15) is 0 Å². The maximum atomic E-state index is 6.87. The van der Waals surface area contributed by atoms with Gasteiger partial charge >= 0.3 is 77.3 Å². The van der Waals surface area contributed by atoms with E-state index in [4.69, 9.17) is 6.57 Å². The molecule has 3 heteroatoms. The summed E-state index contributed by atoms with van der Waals surface area (Å²) < 4.78 is 1.18. The quantitative estimate of drug-likeness (QED) is 0.563. The molecule has 0 aromatic carbocycles. The van der Waals surface area contributed by atoms with E-state index in [-0.39, 0.29) is 0 Å². The van der Waals surface area contributed by atoms with Crippen LogP contribution in [0.1, 0.15) is 0 Å². The molecule has 0 unspecified atom stereocenters. The van der Waals surface area contributed by atoms with Gasteiger partial charge in [-0.1, -0.05) is 0 Å². The molecule has 12 heavy (non-hydrogen) atoms. The fourth-order valence-corrected chi connectivity index (χ4v) is 3.88. The number of hydrogen-bond acceptors (Lipinski definition) is 1. The van der Waals surface area contributed by atoms with E-state index in [9.17, 15) is 0 Å². The number of nitrogens with zero attached hydrogens (tertiary/aromatic N) is 2. The Morgan fingerprint density at radius 3 is 2.58 bits per heavy atom. The van der Waals surface area contributed by atoms with E-state index in [1.165, 1.54) is 3.71 Å². The van der Waals surface area contributed by atoms with E-state index < -0.39 is 18.4 Å². The minimum atomic E-state index is -2.03. The third-order valence-corrected chi connectivity index (χ3v) is 6.81. The van der Waals surface area contributed by atoms with Crippen molar-refractivity contribution in [3.05, 3.63) is 29.7 Å². The Kier molecular flexibility index (Phi) is 2.73. The van der Waals surface area contributed by atoms with Gasteiger partial charge in [-0.25, -0.2) is 0 Å². The van der Waals surface area contributed by atoms with Crippen molar-refractivity contribution < 1.29 is 0 Å². The molecule has 0 saturated heterocycles. The van der Waals surface area contributed by atoms with Crippen molar-refractivity contribution in [2.75, 3.05) is 0 Å². The third kappa shape index (κ3) is 2.21. The van der Waals surface area contributed by atoms with Crippen molar-refractivity contribution in [1.29, 1.82) is 0 Å². The Hall–Kier alpha value is -0.561. The number of rotatable bonds is 1. The summed E-state index contributed by atoms with van der Waals surface area (Å²) in [6.45, 7) is 6.87. The van der Waals surface area contributed by atoms with Gasteiger partial charge in [0, 0.05) is 0 Å². The van der Waals surface area contributed by atoms with Crippen molar-refractivity contribution in [3.8, 4) is 0 Å². The Bertz CT molecular complexity index is 320. The summed E-state index contributed by atoms with van der Waals surface area (Å²) in [6, 6.07) is 3.69. The van der Waals surface area contributed by atoms with Gasteiger partial charge in [0.2, 0.25) is 0 Å². The van der Waals surface area contributed by atoms with Gasteiger partial charge in [0.15, 0.2) is 0 Å². The Morgan fingerprint density at radius 2 is 2.08 bits per heavy atom. The molecule has 2 nitrogen and oxygen atoms in total. The molecule has 0 aliphatic carbocycles. The first kappa shape index (κ1) is 9.53. The molecule has 62 valence electrons. The van der Waals surface area contributed by atoms with Gasteiger partial charge in [0.1, 0.15) is 0 Å². The van der Waals surface area contributed by atoms with Crippen LogP contribution in [0.4, 0.5) is 5.69 Å². The maximum absolute atomic E-state index is 6.87. The Labute approximate surface area is 77.3 Å². The molecular weight excluding hydrogens is 255 g/mol. The van der Waals surface area contributed by atoms with E-state index in [0.717, 1.165) is 0 Å². The Morgan fingerprint density at radius 1 is 1.42 bits per heavy atom. The Balaban J connectivity index is 3.13. The summed E-state index contributed by atoms with van der Waals surface area (Å²) in [6.07, 6.45) is 1.74. The first-order valence-electron chi connectivity index (χ1n) is 3.88. The standard InChI is InChI=1S/C6H3N2.3CH3.Sn/c1-7-6-2-4-8-5-3-6;;;;/h2-4H;3*1H3;. The molecule has 1 rings (SSSR count). The number of aromatic nitrogens is 1. The summed E-state index contributed by atoms with van der Waals surface area (Å²) >= 11 is -2.03. The van der Waals surface area contributed by atoms with Crippen LogP contribution < -0.4 is 3.71 Å². The van der Waals surface area contributed by atoms with Gasteiger partial charge in [-0.05, 0) is 0 Å². The zero-order chi connectivity index (χ0) is 9.19. The van der Waals surface area contributed by atoms with E-state index in [2.05, 4.69) is 24.6 Å². The molecule has 0 N–H and O–H groups in total. The summed E-state index contributed by atoms with van der Waals surface area (Å²) in [4.78, 5) is 14.6. The van der Waals surface area contributed by atoms with Gasteiger partial charge < -0.3 is 0 Å². The molecule has 0 amide bonds.